The van der Waals surface area contributed by atoms with E-state index >= 15 is 0 Å². The van der Waals surface area contributed by atoms with Crippen molar-refractivity contribution in [2.75, 3.05) is 45.6 Å². The van der Waals surface area contributed by atoms with Crippen LogP contribution in [0.1, 0.15) is 25.7 Å². The van der Waals surface area contributed by atoms with Crippen molar-refractivity contribution in [1.82, 2.24) is 9.21 Å². The lowest BCUT2D eigenvalue weighted by atomic mass is 9.86. The average Bonchev–Trinajstić information content (AvgIpc) is 2.78. The molecule has 5 nitrogen and oxygen atoms in total. The highest BCUT2D eigenvalue weighted by Crippen LogP contribution is 2.38. The zero-order valence-corrected chi connectivity index (χ0v) is 12.0. The minimum absolute atomic E-state index is 0.0766. The van der Waals surface area contributed by atoms with Crippen molar-refractivity contribution in [3.8, 4) is 0 Å². The van der Waals surface area contributed by atoms with E-state index < -0.39 is 10.0 Å². The summed E-state index contributed by atoms with van der Waals surface area (Å²) >= 11 is 0. The monoisotopic (exact) mass is 276 g/mol. The second-order valence-corrected chi connectivity index (χ2v) is 7.79. The SMILES string of the molecule is CS(=O)(=O)N1CCN(CC2(CO)CCCC2)CC1. The minimum atomic E-state index is -3.04. The first kappa shape index (κ1) is 14.2. The number of aliphatic hydroxyl groups is 1. The molecule has 1 N–H and O–H groups in total. The highest BCUT2D eigenvalue weighted by atomic mass is 32.2. The molecule has 6 heteroatoms. The number of piperazine rings is 1. The maximum Gasteiger partial charge on any atom is 0.211 e. The summed E-state index contributed by atoms with van der Waals surface area (Å²) < 4.78 is 24.4. The van der Waals surface area contributed by atoms with E-state index in [1.165, 1.54) is 19.1 Å². The molecule has 1 aliphatic carbocycles. The second kappa shape index (κ2) is 5.45. The Kier molecular flexibility index (Phi) is 4.31. The number of aliphatic hydroxyl groups excluding tert-OH is 1. The molecule has 106 valence electrons. The predicted molar refractivity (Wildman–Crippen MR) is 70.8 cm³/mol. The Morgan fingerprint density at radius 3 is 2.11 bits per heavy atom. The Bertz CT molecular complexity index is 369. The largest absolute Gasteiger partial charge is 0.396 e. The molecule has 0 aromatic rings. The fraction of sp³-hybridized carbons (Fsp3) is 1.00. The lowest BCUT2D eigenvalue weighted by molar-refractivity contribution is 0.0633. The Morgan fingerprint density at radius 1 is 1.11 bits per heavy atom. The van der Waals surface area contributed by atoms with Gasteiger partial charge in [-0.1, -0.05) is 12.8 Å². The van der Waals surface area contributed by atoms with Crippen LogP contribution in [0.15, 0.2) is 0 Å². The number of rotatable bonds is 4. The Labute approximate surface area is 110 Å². The molecule has 1 aliphatic heterocycles. The van der Waals surface area contributed by atoms with E-state index in [2.05, 4.69) is 4.90 Å². The van der Waals surface area contributed by atoms with E-state index in [1.807, 2.05) is 0 Å². The molecule has 0 aromatic carbocycles. The van der Waals surface area contributed by atoms with Gasteiger partial charge in [0.15, 0.2) is 0 Å². The first-order chi connectivity index (χ1) is 8.45. The Hall–Kier alpha value is -0.170. The van der Waals surface area contributed by atoms with E-state index in [1.54, 1.807) is 4.31 Å². The first-order valence-electron chi connectivity index (χ1n) is 6.74. The lowest BCUT2D eigenvalue weighted by Crippen LogP contribution is -2.51. The van der Waals surface area contributed by atoms with Crippen LogP contribution in [0.2, 0.25) is 0 Å². The molecule has 0 aromatic heterocycles. The molecular formula is C12H24N2O3S. The van der Waals surface area contributed by atoms with Crippen molar-refractivity contribution in [2.45, 2.75) is 25.7 Å². The summed E-state index contributed by atoms with van der Waals surface area (Å²) in [5.41, 5.74) is 0.0766. The summed E-state index contributed by atoms with van der Waals surface area (Å²) in [4.78, 5) is 2.31. The van der Waals surface area contributed by atoms with Gasteiger partial charge in [-0.3, -0.25) is 0 Å². The second-order valence-electron chi connectivity index (χ2n) is 5.80. The standard InChI is InChI=1S/C12H24N2O3S/c1-18(16,17)14-8-6-13(7-9-14)10-12(11-15)4-2-3-5-12/h15H,2-11H2,1H3. The minimum Gasteiger partial charge on any atom is -0.396 e. The summed E-state index contributed by atoms with van der Waals surface area (Å²) in [6.45, 7) is 3.92. The van der Waals surface area contributed by atoms with Crippen LogP contribution in [0.5, 0.6) is 0 Å². The molecule has 0 spiro atoms. The third-order valence-corrected chi connectivity index (χ3v) is 5.66. The van der Waals surface area contributed by atoms with E-state index in [9.17, 15) is 13.5 Å². The van der Waals surface area contributed by atoms with Gasteiger partial charge in [-0.15, -0.1) is 0 Å². The van der Waals surface area contributed by atoms with E-state index in [0.29, 0.717) is 13.1 Å². The van der Waals surface area contributed by atoms with Gasteiger partial charge >= 0.3 is 0 Å². The van der Waals surface area contributed by atoms with Crippen molar-refractivity contribution in [3.63, 3.8) is 0 Å². The van der Waals surface area contributed by atoms with Crippen LogP contribution in [0.25, 0.3) is 0 Å². The predicted octanol–water partition coefficient (Wildman–Crippen LogP) is 0.116. The van der Waals surface area contributed by atoms with Crippen molar-refractivity contribution in [2.24, 2.45) is 5.41 Å². The highest BCUT2D eigenvalue weighted by Gasteiger charge is 2.36. The van der Waals surface area contributed by atoms with Crippen LogP contribution < -0.4 is 0 Å². The van der Waals surface area contributed by atoms with E-state index in [0.717, 1.165) is 32.5 Å². The van der Waals surface area contributed by atoms with Gasteiger partial charge in [0.1, 0.15) is 0 Å². The molecular weight excluding hydrogens is 252 g/mol. The van der Waals surface area contributed by atoms with Crippen LogP contribution in [0, 0.1) is 5.41 Å². The van der Waals surface area contributed by atoms with Gasteiger partial charge in [0.2, 0.25) is 10.0 Å². The van der Waals surface area contributed by atoms with Crippen LogP contribution in [0.3, 0.4) is 0 Å². The summed E-state index contributed by atoms with van der Waals surface area (Å²) in [6, 6.07) is 0. The smallest absolute Gasteiger partial charge is 0.211 e. The van der Waals surface area contributed by atoms with Crippen LogP contribution in [-0.2, 0) is 10.0 Å². The molecule has 0 atom stereocenters. The maximum absolute atomic E-state index is 11.4. The van der Waals surface area contributed by atoms with Crippen LogP contribution in [0.4, 0.5) is 0 Å². The molecule has 1 saturated heterocycles. The number of hydrogen-bond acceptors (Lipinski definition) is 4. The molecule has 1 saturated carbocycles. The molecule has 1 heterocycles. The van der Waals surface area contributed by atoms with Crippen LogP contribution >= 0.6 is 0 Å². The summed E-state index contributed by atoms with van der Waals surface area (Å²) in [7, 11) is -3.04. The lowest BCUT2D eigenvalue weighted by Gasteiger charge is -2.38. The quantitative estimate of drug-likeness (QED) is 0.792. The Morgan fingerprint density at radius 2 is 1.67 bits per heavy atom. The van der Waals surface area contributed by atoms with Gasteiger partial charge < -0.3 is 10.0 Å². The van der Waals surface area contributed by atoms with Gasteiger partial charge in [-0.05, 0) is 12.8 Å². The first-order valence-corrected chi connectivity index (χ1v) is 8.58. The van der Waals surface area contributed by atoms with Gasteiger partial charge in [0, 0.05) is 44.7 Å². The topological polar surface area (TPSA) is 60.9 Å². The molecule has 0 radical (unpaired) electrons. The maximum atomic E-state index is 11.4. The molecule has 18 heavy (non-hydrogen) atoms. The molecule has 0 unspecified atom stereocenters. The molecule has 2 fully saturated rings. The number of nitrogens with zero attached hydrogens (tertiary/aromatic N) is 2. The summed E-state index contributed by atoms with van der Waals surface area (Å²) in [5.74, 6) is 0. The number of hydrogen-bond donors (Lipinski definition) is 1. The fourth-order valence-electron chi connectivity index (χ4n) is 3.18. The van der Waals surface area contributed by atoms with E-state index in [4.69, 9.17) is 0 Å². The fourth-order valence-corrected chi connectivity index (χ4v) is 4.01. The molecule has 2 rings (SSSR count). The molecule has 2 aliphatic rings. The van der Waals surface area contributed by atoms with Gasteiger partial charge in [0.25, 0.3) is 0 Å². The third kappa shape index (κ3) is 3.23. The average molecular weight is 276 g/mol. The van der Waals surface area contributed by atoms with Gasteiger partial charge in [0.05, 0.1) is 6.26 Å². The van der Waals surface area contributed by atoms with Gasteiger partial charge in [-0.2, -0.15) is 4.31 Å². The van der Waals surface area contributed by atoms with Crippen molar-refractivity contribution >= 4 is 10.0 Å². The van der Waals surface area contributed by atoms with Crippen LogP contribution in [-0.4, -0.2) is 68.3 Å². The molecule has 0 bridgehead atoms. The van der Waals surface area contributed by atoms with Gasteiger partial charge in [-0.25, -0.2) is 8.42 Å². The van der Waals surface area contributed by atoms with Crippen molar-refractivity contribution < 1.29 is 13.5 Å². The van der Waals surface area contributed by atoms with Crippen molar-refractivity contribution in [1.29, 1.82) is 0 Å². The number of sulfonamides is 1. The molecule has 0 amide bonds. The highest BCUT2D eigenvalue weighted by molar-refractivity contribution is 7.88. The summed E-state index contributed by atoms with van der Waals surface area (Å²) in [5, 5.41) is 9.60. The zero-order chi connectivity index (χ0) is 13.2. The van der Waals surface area contributed by atoms with Crippen molar-refractivity contribution in [3.05, 3.63) is 0 Å². The zero-order valence-electron chi connectivity index (χ0n) is 11.1. The normalized spacial score (nSPS) is 26.6. The van der Waals surface area contributed by atoms with E-state index in [-0.39, 0.29) is 12.0 Å². The third-order valence-electron chi connectivity index (χ3n) is 4.36. The summed E-state index contributed by atoms with van der Waals surface area (Å²) in [6.07, 6.45) is 5.91. The Balaban J connectivity index is 1.87.